The Balaban J connectivity index is 1.55. The Labute approximate surface area is 181 Å². The van der Waals surface area contributed by atoms with Gasteiger partial charge in [-0.05, 0) is 56.2 Å². The summed E-state index contributed by atoms with van der Waals surface area (Å²) in [5.41, 5.74) is 5.47. The lowest BCUT2D eigenvalue weighted by atomic mass is 10.1. The summed E-state index contributed by atoms with van der Waals surface area (Å²) in [4.78, 5) is 30.8. The lowest BCUT2D eigenvalue weighted by Gasteiger charge is -2.22. The number of aryl methyl sites for hydroxylation is 3. The largest absolute Gasteiger partial charge is 0.361 e. The van der Waals surface area contributed by atoms with Crippen molar-refractivity contribution in [2.24, 2.45) is 0 Å². The molecular formula is C26H25N3O2. The summed E-state index contributed by atoms with van der Waals surface area (Å²) in [7, 11) is 0. The Hall–Kier alpha value is -3.86. The third-order valence-corrected chi connectivity index (χ3v) is 5.33. The predicted molar refractivity (Wildman–Crippen MR) is 125 cm³/mol. The van der Waals surface area contributed by atoms with E-state index in [1.165, 1.54) is 4.90 Å². The van der Waals surface area contributed by atoms with Crippen LogP contribution in [0.5, 0.6) is 0 Å². The van der Waals surface area contributed by atoms with Crippen molar-refractivity contribution in [3.05, 3.63) is 95.7 Å². The maximum absolute atomic E-state index is 13.2. The summed E-state index contributed by atoms with van der Waals surface area (Å²) in [6.07, 6.45) is 2.70. The van der Waals surface area contributed by atoms with Crippen LogP contribution >= 0.6 is 0 Å². The van der Waals surface area contributed by atoms with Crippen LogP contribution in [0.4, 0.5) is 16.2 Å². The van der Waals surface area contributed by atoms with Crippen LogP contribution in [0.15, 0.2) is 79.0 Å². The first-order valence-corrected chi connectivity index (χ1v) is 10.3. The number of hydrogen-bond acceptors (Lipinski definition) is 2. The van der Waals surface area contributed by atoms with Crippen LogP contribution in [0, 0.1) is 13.8 Å². The van der Waals surface area contributed by atoms with Crippen LogP contribution in [-0.2, 0) is 11.2 Å². The fourth-order valence-electron chi connectivity index (χ4n) is 3.58. The van der Waals surface area contributed by atoms with Crippen LogP contribution in [0.25, 0.3) is 10.9 Å². The minimum absolute atomic E-state index is 0.219. The molecule has 0 fully saturated rings. The minimum Gasteiger partial charge on any atom is -0.361 e. The number of urea groups is 1. The molecule has 1 aromatic heterocycles. The van der Waals surface area contributed by atoms with E-state index in [0.717, 1.165) is 27.6 Å². The van der Waals surface area contributed by atoms with Crippen molar-refractivity contribution in [2.75, 3.05) is 10.2 Å². The Morgan fingerprint density at radius 1 is 0.871 bits per heavy atom. The van der Waals surface area contributed by atoms with Gasteiger partial charge in [0.15, 0.2) is 0 Å². The van der Waals surface area contributed by atoms with Gasteiger partial charge in [0.1, 0.15) is 0 Å². The van der Waals surface area contributed by atoms with E-state index in [4.69, 9.17) is 0 Å². The lowest BCUT2D eigenvalue weighted by molar-refractivity contribution is -0.117. The summed E-state index contributed by atoms with van der Waals surface area (Å²) < 4.78 is 0. The molecule has 0 unspecified atom stereocenters. The molecule has 0 bridgehead atoms. The molecule has 0 atom stereocenters. The van der Waals surface area contributed by atoms with Crippen LogP contribution in [0.2, 0.25) is 0 Å². The Bertz CT molecular complexity index is 1210. The molecule has 4 rings (SSSR count). The number of nitrogens with zero attached hydrogens (tertiary/aromatic N) is 1. The molecule has 1 heterocycles. The van der Waals surface area contributed by atoms with Crippen LogP contribution in [0.3, 0.4) is 0 Å². The molecule has 5 nitrogen and oxygen atoms in total. The van der Waals surface area contributed by atoms with E-state index in [-0.39, 0.29) is 12.3 Å². The highest BCUT2D eigenvalue weighted by molar-refractivity contribution is 6.18. The van der Waals surface area contributed by atoms with E-state index in [9.17, 15) is 9.59 Å². The van der Waals surface area contributed by atoms with Crippen molar-refractivity contribution in [1.82, 2.24) is 4.98 Å². The lowest BCUT2D eigenvalue weighted by Crippen LogP contribution is -2.40. The zero-order valence-electron chi connectivity index (χ0n) is 17.7. The van der Waals surface area contributed by atoms with Gasteiger partial charge < -0.3 is 10.3 Å². The van der Waals surface area contributed by atoms with Gasteiger partial charge in [0.25, 0.3) is 0 Å². The smallest absolute Gasteiger partial charge is 0.333 e. The molecule has 3 amide bonds. The summed E-state index contributed by atoms with van der Waals surface area (Å²) in [6, 6.07) is 22.4. The van der Waals surface area contributed by atoms with Crippen molar-refractivity contribution in [3.8, 4) is 0 Å². The fraction of sp³-hybridized carbons (Fsp3) is 0.154. The number of amides is 3. The van der Waals surface area contributed by atoms with Gasteiger partial charge in [-0.2, -0.15) is 0 Å². The van der Waals surface area contributed by atoms with E-state index in [0.29, 0.717) is 17.8 Å². The second-order valence-electron chi connectivity index (χ2n) is 7.72. The van der Waals surface area contributed by atoms with Crippen LogP contribution < -0.4 is 10.2 Å². The van der Waals surface area contributed by atoms with Gasteiger partial charge >= 0.3 is 6.03 Å². The molecule has 3 aromatic carbocycles. The zero-order chi connectivity index (χ0) is 21.8. The van der Waals surface area contributed by atoms with E-state index >= 15 is 0 Å². The first-order valence-electron chi connectivity index (χ1n) is 10.3. The van der Waals surface area contributed by atoms with E-state index in [2.05, 4.69) is 10.3 Å². The molecule has 31 heavy (non-hydrogen) atoms. The standard InChI is InChI=1S/C26H25N3O2/c1-18-7-12-21(13-8-18)28-26(31)29(22-14-9-19(2)10-15-22)25(30)16-11-20-17-27-24-6-4-3-5-23(20)24/h3-10,12-15,17,27H,11,16H2,1-2H3,(H,28,31). The van der Waals surface area contributed by atoms with Crippen molar-refractivity contribution >= 4 is 34.2 Å². The summed E-state index contributed by atoms with van der Waals surface area (Å²) in [5, 5.41) is 3.94. The third-order valence-electron chi connectivity index (χ3n) is 5.33. The van der Waals surface area contributed by atoms with Crippen molar-refractivity contribution in [3.63, 3.8) is 0 Å². The number of hydrogen-bond donors (Lipinski definition) is 2. The second-order valence-corrected chi connectivity index (χ2v) is 7.72. The van der Waals surface area contributed by atoms with E-state index in [1.54, 1.807) is 12.1 Å². The van der Waals surface area contributed by atoms with Gasteiger partial charge in [-0.3, -0.25) is 4.79 Å². The molecule has 156 valence electrons. The average molecular weight is 412 g/mol. The number of rotatable bonds is 5. The molecule has 2 N–H and O–H groups in total. The molecule has 0 spiro atoms. The third kappa shape index (κ3) is 4.67. The molecule has 4 aromatic rings. The molecular weight excluding hydrogens is 386 g/mol. The molecule has 0 saturated heterocycles. The monoisotopic (exact) mass is 411 g/mol. The van der Waals surface area contributed by atoms with Crippen molar-refractivity contribution in [1.29, 1.82) is 0 Å². The minimum atomic E-state index is -0.461. The maximum Gasteiger partial charge on any atom is 0.333 e. The van der Waals surface area contributed by atoms with Gasteiger partial charge in [-0.15, -0.1) is 0 Å². The maximum atomic E-state index is 13.2. The zero-order valence-corrected chi connectivity index (χ0v) is 17.7. The van der Waals surface area contributed by atoms with Gasteiger partial charge in [0, 0.05) is 29.2 Å². The number of carbonyl (C=O) groups is 2. The average Bonchev–Trinajstić information content (AvgIpc) is 3.19. The SMILES string of the molecule is Cc1ccc(NC(=O)N(C(=O)CCc2c[nH]c3ccccc23)c2ccc(C)cc2)cc1. The number of nitrogens with one attached hydrogen (secondary N) is 2. The fourth-order valence-corrected chi connectivity index (χ4v) is 3.58. The molecule has 0 aliphatic carbocycles. The number of benzene rings is 3. The van der Waals surface area contributed by atoms with E-state index in [1.807, 2.05) is 80.7 Å². The normalized spacial score (nSPS) is 10.8. The molecule has 0 saturated carbocycles. The molecule has 0 radical (unpaired) electrons. The van der Waals surface area contributed by atoms with Gasteiger partial charge in [0.05, 0.1) is 5.69 Å². The van der Waals surface area contributed by atoms with Crippen molar-refractivity contribution in [2.45, 2.75) is 26.7 Å². The Morgan fingerprint density at radius 3 is 2.23 bits per heavy atom. The number of imide groups is 1. The number of fused-ring (bicyclic) bond motifs is 1. The number of aromatic nitrogens is 1. The van der Waals surface area contributed by atoms with Crippen LogP contribution in [-0.4, -0.2) is 16.9 Å². The first kappa shape index (κ1) is 20.4. The summed E-state index contributed by atoms with van der Waals surface area (Å²) >= 11 is 0. The van der Waals surface area contributed by atoms with Gasteiger partial charge in [-0.25, -0.2) is 9.69 Å². The summed E-state index contributed by atoms with van der Waals surface area (Å²) in [5.74, 6) is -0.251. The second kappa shape index (κ2) is 8.88. The van der Waals surface area contributed by atoms with Crippen LogP contribution in [0.1, 0.15) is 23.1 Å². The number of aromatic amines is 1. The first-order chi connectivity index (χ1) is 15.0. The van der Waals surface area contributed by atoms with Gasteiger partial charge in [0.2, 0.25) is 5.91 Å². The molecule has 0 aliphatic heterocycles. The molecule has 0 aliphatic rings. The predicted octanol–water partition coefficient (Wildman–Crippen LogP) is 5.98. The van der Waals surface area contributed by atoms with E-state index < -0.39 is 6.03 Å². The number of anilines is 2. The molecule has 5 heteroatoms. The topological polar surface area (TPSA) is 65.2 Å². The Kier molecular flexibility index (Phi) is 5.85. The number of carbonyl (C=O) groups excluding carboxylic acids is 2. The Morgan fingerprint density at radius 2 is 1.52 bits per heavy atom. The van der Waals surface area contributed by atoms with Gasteiger partial charge in [-0.1, -0.05) is 53.6 Å². The highest BCUT2D eigenvalue weighted by Gasteiger charge is 2.23. The highest BCUT2D eigenvalue weighted by atomic mass is 16.2. The quantitative estimate of drug-likeness (QED) is 0.424. The van der Waals surface area contributed by atoms with Crippen molar-refractivity contribution < 1.29 is 9.59 Å². The number of para-hydroxylation sites is 1. The highest BCUT2D eigenvalue weighted by Crippen LogP contribution is 2.22. The number of H-pyrrole nitrogens is 1. The summed E-state index contributed by atoms with van der Waals surface area (Å²) in [6.45, 7) is 3.96.